The van der Waals surface area contributed by atoms with Gasteiger partial charge in [0.15, 0.2) is 0 Å². The highest BCUT2D eigenvalue weighted by Crippen LogP contribution is 2.13. The number of likely N-dealkylation sites (tertiary alicyclic amines) is 1. The minimum absolute atomic E-state index is 0.0633. The van der Waals surface area contributed by atoms with E-state index in [-0.39, 0.29) is 18.2 Å². The monoisotopic (exact) mass is 293 g/mol. The molecule has 0 bridgehead atoms. The number of aryl methyl sites for hydroxylation is 2. The van der Waals surface area contributed by atoms with E-state index in [2.05, 4.69) is 10.5 Å². The van der Waals surface area contributed by atoms with Crippen LogP contribution in [-0.2, 0) is 16.0 Å². The summed E-state index contributed by atoms with van der Waals surface area (Å²) >= 11 is 0. The number of aromatic nitrogens is 1. The molecule has 0 aliphatic carbocycles. The van der Waals surface area contributed by atoms with Crippen molar-refractivity contribution in [3.05, 3.63) is 17.0 Å². The van der Waals surface area contributed by atoms with Gasteiger partial charge in [-0.2, -0.15) is 0 Å². The molecule has 6 heteroatoms. The molecule has 0 aromatic carbocycles. The van der Waals surface area contributed by atoms with E-state index in [0.717, 1.165) is 37.1 Å². The largest absolute Gasteiger partial charge is 0.361 e. The predicted molar refractivity (Wildman–Crippen MR) is 77.7 cm³/mol. The molecule has 1 aromatic rings. The Morgan fingerprint density at radius 3 is 2.86 bits per heavy atom. The summed E-state index contributed by atoms with van der Waals surface area (Å²) in [7, 11) is 0. The Kier molecular flexibility index (Phi) is 5.36. The fourth-order valence-corrected chi connectivity index (χ4v) is 2.58. The summed E-state index contributed by atoms with van der Waals surface area (Å²) in [5, 5.41) is 6.70. The van der Waals surface area contributed by atoms with Crippen molar-refractivity contribution in [1.82, 2.24) is 15.4 Å². The van der Waals surface area contributed by atoms with Crippen molar-refractivity contribution in [2.24, 2.45) is 0 Å². The maximum Gasteiger partial charge on any atom is 0.224 e. The molecule has 2 heterocycles. The molecular formula is C15H23N3O3. The van der Waals surface area contributed by atoms with E-state index < -0.39 is 0 Å². The minimum atomic E-state index is -0.0633. The standard InChI is InChI=1S/C15H23N3O3/c1-11-13(12(2)21-17-11)10-14(19)16-7-9-18-8-5-3-4-6-15(18)20/h3-10H2,1-2H3,(H,16,19). The Morgan fingerprint density at radius 2 is 2.14 bits per heavy atom. The Bertz CT molecular complexity index is 491. The summed E-state index contributed by atoms with van der Waals surface area (Å²) in [6, 6.07) is 0. The fourth-order valence-electron chi connectivity index (χ4n) is 2.58. The minimum Gasteiger partial charge on any atom is -0.361 e. The van der Waals surface area contributed by atoms with E-state index in [1.807, 2.05) is 11.8 Å². The first-order chi connectivity index (χ1) is 10.1. The number of rotatable bonds is 5. The molecule has 116 valence electrons. The lowest BCUT2D eigenvalue weighted by molar-refractivity contribution is -0.131. The van der Waals surface area contributed by atoms with Crippen LogP contribution >= 0.6 is 0 Å². The van der Waals surface area contributed by atoms with Gasteiger partial charge in [0.1, 0.15) is 5.76 Å². The first-order valence-electron chi connectivity index (χ1n) is 7.54. The number of amides is 2. The van der Waals surface area contributed by atoms with Gasteiger partial charge in [-0.25, -0.2) is 0 Å². The molecule has 1 saturated heterocycles. The summed E-state index contributed by atoms with van der Waals surface area (Å²) in [6.45, 7) is 5.52. The molecule has 1 aliphatic heterocycles. The average molecular weight is 293 g/mol. The van der Waals surface area contributed by atoms with Crippen molar-refractivity contribution in [1.29, 1.82) is 0 Å². The van der Waals surface area contributed by atoms with Crippen molar-refractivity contribution in [2.75, 3.05) is 19.6 Å². The molecule has 0 saturated carbocycles. The normalized spacial score (nSPS) is 15.9. The molecule has 1 aromatic heterocycles. The number of nitrogens with zero attached hydrogens (tertiary/aromatic N) is 2. The maximum absolute atomic E-state index is 11.9. The highest BCUT2D eigenvalue weighted by molar-refractivity contribution is 5.79. The maximum atomic E-state index is 11.9. The van der Waals surface area contributed by atoms with E-state index >= 15 is 0 Å². The van der Waals surface area contributed by atoms with Gasteiger partial charge in [-0.05, 0) is 26.7 Å². The van der Waals surface area contributed by atoms with Crippen molar-refractivity contribution >= 4 is 11.8 Å². The molecule has 0 radical (unpaired) electrons. The van der Waals surface area contributed by atoms with E-state index in [1.165, 1.54) is 0 Å². The first-order valence-corrected chi connectivity index (χ1v) is 7.54. The van der Waals surface area contributed by atoms with E-state index in [9.17, 15) is 9.59 Å². The second-order valence-electron chi connectivity index (χ2n) is 5.52. The summed E-state index contributed by atoms with van der Waals surface area (Å²) in [4.78, 5) is 25.6. The predicted octanol–water partition coefficient (Wildman–Crippen LogP) is 1.35. The smallest absolute Gasteiger partial charge is 0.224 e. The summed E-state index contributed by atoms with van der Waals surface area (Å²) in [5.41, 5.74) is 1.60. The van der Waals surface area contributed by atoms with Crippen LogP contribution in [0.4, 0.5) is 0 Å². The molecule has 1 aliphatic rings. The summed E-state index contributed by atoms with van der Waals surface area (Å²) < 4.78 is 5.04. The third kappa shape index (κ3) is 4.31. The Morgan fingerprint density at radius 1 is 1.33 bits per heavy atom. The van der Waals surface area contributed by atoms with Crippen LogP contribution in [0, 0.1) is 13.8 Å². The van der Waals surface area contributed by atoms with Gasteiger partial charge in [0.2, 0.25) is 11.8 Å². The Labute approximate surface area is 124 Å². The third-order valence-corrected chi connectivity index (χ3v) is 3.89. The topological polar surface area (TPSA) is 75.4 Å². The van der Waals surface area contributed by atoms with Crippen LogP contribution in [-0.4, -0.2) is 41.5 Å². The van der Waals surface area contributed by atoms with Crippen LogP contribution in [0.1, 0.15) is 42.7 Å². The Balaban J connectivity index is 1.75. The van der Waals surface area contributed by atoms with Crippen LogP contribution in [0.2, 0.25) is 0 Å². The molecule has 2 rings (SSSR count). The average Bonchev–Trinajstić information content (AvgIpc) is 2.65. The molecule has 0 unspecified atom stereocenters. The van der Waals surface area contributed by atoms with Crippen molar-refractivity contribution < 1.29 is 14.1 Å². The number of carbonyl (C=O) groups is 2. The lowest BCUT2D eigenvalue weighted by Crippen LogP contribution is -2.38. The van der Waals surface area contributed by atoms with Gasteiger partial charge in [-0.3, -0.25) is 9.59 Å². The van der Waals surface area contributed by atoms with Crippen LogP contribution < -0.4 is 5.32 Å². The lowest BCUT2D eigenvalue weighted by Gasteiger charge is -2.20. The Hall–Kier alpha value is -1.85. The van der Waals surface area contributed by atoms with Crippen LogP contribution in [0.15, 0.2) is 4.52 Å². The molecule has 0 spiro atoms. The number of hydrogen-bond donors (Lipinski definition) is 1. The SMILES string of the molecule is Cc1noc(C)c1CC(=O)NCCN1CCCCCC1=O. The zero-order valence-corrected chi connectivity index (χ0v) is 12.8. The molecule has 2 amide bonds. The van der Waals surface area contributed by atoms with Crippen LogP contribution in [0.5, 0.6) is 0 Å². The molecular weight excluding hydrogens is 270 g/mol. The molecule has 21 heavy (non-hydrogen) atoms. The fraction of sp³-hybridized carbons (Fsp3) is 0.667. The van der Waals surface area contributed by atoms with Crippen molar-refractivity contribution in [3.8, 4) is 0 Å². The second kappa shape index (κ2) is 7.24. The molecule has 0 atom stereocenters. The number of carbonyl (C=O) groups excluding carboxylic acids is 2. The van der Waals surface area contributed by atoms with Crippen LogP contribution in [0.25, 0.3) is 0 Å². The first kappa shape index (κ1) is 15.5. The lowest BCUT2D eigenvalue weighted by atomic mass is 10.1. The summed E-state index contributed by atoms with van der Waals surface area (Å²) in [6.07, 6.45) is 4.05. The zero-order valence-electron chi connectivity index (χ0n) is 12.8. The number of nitrogens with one attached hydrogen (secondary N) is 1. The highest BCUT2D eigenvalue weighted by Gasteiger charge is 2.17. The van der Waals surface area contributed by atoms with Gasteiger partial charge in [0.25, 0.3) is 0 Å². The van der Waals surface area contributed by atoms with Crippen molar-refractivity contribution in [2.45, 2.75) is 46.0 Å². The van der Waals surface area contributed by atoms with Crippen LogP contribution in [0.3, 0.4) is 0 Å². The van der Waals surface area contributed by atoms with E-state index in [4.69, 9.17) is 4.52 Å². The van der Waals surface area contributed by atoms with Gasteiger partial charge in [-0.1, -0.05) is 11.6 Å². The second-order valence-corrected chi connectivity index (χ2v) is 5.52. The molecule has 1 N–H and O–H groups in total. The molecule has 6 nitrogen and oxygen atoms in total. The van der Waals surface area contributed by atoms with Gasteiger partial charge in [0, 0.05) is 31.6 Å². The van der Waals surface area contributed by atoms with Crippen molar-refractivity contribution in [3.63, 3.8) is 0 Å². The van der Waals surface area contributed by atoms with Gasteiger partial charge in [-0.15, -0.1) is 0 Å². The van der Waals surface area contributed by atoms with Gasteiger partial charge in [0.05, 0.1) is 12.1 Å². The van der Waals surface area contributed by atoms with E-state index in [0.29, 0.717) is 25.3 Å². The van der Waals surface area contributed by atoms with Gasteiger partial charge < -0.3 is 14.7 Å². The van der Waals surface area contributed by atoms with Gasteiger partial charge >= 0.3 is 0 Å². The zero-order chi connectivity index (χ0) is 15.2. The highest BCUT2D eigenvalue weighted by atomic mass is 16.5. The number of hydrogen-bond acceptors (Lipinski definition) is 4. The third-order valence-electron chi connectivity index (χ3n) is 3.89. The summed E-state index contributed by atoms with van der Waals surface area (Å²) in [5.74, 6) is 0.824. The quantitative estimate of drug-likeness (QED) is 0.889. The van der Waals surface area contributed by atoms with E-state index in [1.54, 1.807) is 6.92 Å². The molecule has 1 fully saturated rings.